The Kier molecular flexibility index (Phi) is 3.91. The number of hydrogen-bond acceptors (Lipinski definition) is 4. The van der Waals surface area contributed by atoms with Crippen LogP contribution < -0.4 is 10.0 Å². The van der Waals surface area contributed by atoms with Crippen molar-refractivity contribution >= 4 is 27.6 Å². The number of carboxylic acids is 1. The molecule has 2 rings (SSSR count). The maximum atomic E-state index is 12.3. The van der Waals surface area contributed by atoms with Gasteiger partial charge < -0.3 is 10.4 Å². The van der Waals surface area contributed by atoms with E-state index in [0.717, 1.165) is 5.56 Å². The molecule has 0 aromatic heterocycles. The van der Waals surface area contributed by atoms with Crippen LogP contribution in [0.4, 0.5) is 5.69 Å². The lowest BCUT2D eigenvalue weighted by atomic mass is 10.1. The number of sulfonamides is 1. The lowest BCUT2D eigenvalue weighted by Crippen LogP contribution is -2.42. The van der Waals surface area contributed by atoms with Crippen LogP contribution >= 0.6 is 0 Å². The molecule has 114 valence electrons. The van der Waals surface area contributed by atoms with Gasteiger partial charge in [-0.3, -0.25) is 0 Å². The van der Waals surface area contributed by atoms with Gasteiger partial charge in [0.1, 0.15) is 4.90 Å². The number of carboxylic acid groups (broad SMARTS) is 1. The van der Waals surface area contributed by atoms with Crippen molar-refractivity contribution in [2.24, 2.45) is 4.99 Å². The molecule has 1 atom stereocenters. The predicted octanol–water partition coefficient (Wildman–Crippen LogP) is 1.23. The van der Waals surface area contributed by atoms with Gasteiger partial charge in [0.25, 0.3) is 10.0 Å². The van der Waals surface area contributed by atoms with Crippen molar-refractivity contribution in [3.05, 3.63) is 23.3 Å². The van der Waals surface area contributed by atoms with Gasteiger partial charge in [-0.2, -0.15) is 0 Å². The van der Waals surface area contributed by atoms with Crippen LogP contribution in [0.5, 0.6) is 0 Å². The Morgan fingerprint density at radius 1 is 1.38 bits per heavy atom. The average Bonchev–Trinajstić information content (AvgIpc) is 2.32. The number of nitrogens with zero attached hydrogens (tertiary/aromatic N) is 1. The highest BCUT2D eigenvalue weighted by atomic mass is 32.2. The summed E-state index contributed by atoms with van der Waals surface area (Å²) in [6.07, 6.45) is 0.266. The van der Waals surface area contributed by atoms with E-state index in [9.17, 15) is 13.2 Å². The van der Waals surface area contributed by atoms with Crippen LogP contribution in [-0.2, 0) is 14.8 Å². The summed E-state index contributed by atoms with van der Waals surface area (Å²) in [7, 11) is -3.75. The van der Waals surface area contributed by atoms with Gasteiger partial charge in [0, 0.05) is 0 Å². The lowest BCUT2D eigenvalue weighted by Gasteiger charge is -2.24. The van der Waals surface area contributed by atoms with Crippen molar-refractivity contribution in [3.8, 4) is 0 Å². The molecule has 1 aliphatic rings. The third-order valence-corrected chi connectivity index (χ3v) is 4.67. The van der Waals surface area contributed by atoms with Crippen LogP contribution in [0.25, 0.3) is 0 Å². The fraction of sp³-hybridized carbons (Fsp3) is 0.385. The second kappa shape index (κ2) is 5.36. The summed E-state index contributed by atoms with van der Waals surface area (Å²) in [5.74, 6) is -1.17. The number of nitrogens with one attached hydrogen (secondary N) is 2. The third-order valence-electron chi connectivity index (χ3n) is 3.13. The van der Waals surface area contributed by atoms with E-state index in [1.54, 1.807) is 26.0 Å². The molecule has 0 saturated carbocycles. The summed E-state index contributed by atoms with van der Waals surface area (Å²) in [6.45, 7) is 5.23. The number of fused-ring (bicyclic) bond motifs is 1. The summed E-state index contributed by atoms with van der Waals surface area (Å²) < 4.78 is 26.8. The first kappa shape index (κ1) is 15.3. The molecule has 0 saturated heterocycles. The fourth-order valence-corrected chi connectivity index (χ4v) is 3.61. The molecule has 7 nitrogen and oxygen atoms in total. The lowest BCUT2D eigenvalue weighted by molar-refractivity contribution is -0.138. The Labute approximate surface area is 123 Å². The van der Waals surface area contributed by atoms with Gasteiger partial charge in [-0.15, -0.1) is 0 Å². The van der Waals surface area contributed by atoms with Crippen LogP contribution in [0.15, 0.2) is 22.0 Å². The Balaban J connectivity index is 2.51. The third kappa shape index (κ3) is 2.99. The van der Waals surface area contributed by atoms with E-state index in [-0.39, 0.29) is 17.3 Å². The SMILES string of the molecule is CCC(N=C1Nc2cc(C)cc(C)c2S(=O)(=O)N1)C(=O)O. The zero-order valence-electron chi connectivity index (χ0n) is 12.0. The molecule has 0 fully saturated rings. The molecule has 1 heterocycles. The first-order chi connectivity index (χ1) is 9.74. The molecule has 8 heteroatoms. The molecule has 3 N–H and O–H groups in total. The van der Waals surface area contributed by atoms with E-state index >= 15 is 0 Å². The minimum Gasteiger partial charge on any atom is -0.480 e. The molecule has 1 aromatic carbocycles. The number of hydrogen-bond donors (Lipinski definition) is 3. The number of guanidine groups is 1. The minimum atomic E-state index is -3.75. The molecule has 0 aliphatic carbocycles. The maximum Gasteiger partial charge on any atom is 0.328 e. The van der Waals surface area contributed by atoms with E-state index in [0.29, 0.717) is 11.3 Å². The summed E-state index contributed by atoms with van der Waals surface area (Å²) in [5, 5.41) is 11.9. The number of rotatable bonds is 3. The Morgan fingerprint density at radius 3 is 2.62 bits per heavy atom. The maximum absolute atomic E-state index is 12.3. The van der Waals surface area contributed by atoms with Gasteiger partial charge in [-0.1, -0.05) is 13.0 Å². The first-order valence-electron chi connectivity index (χ1n) is 6.46. The summed E-state index contributed by atoms with van der Waals surface area (Å²) >= 11 is 0. The van der Waals surface area contributed by atoms with Gasteiger partial charge in [-0.05, 0) is 37.5 Å². The van der Waals surface area contributed by atoms with Crippen LogP contribution in [0.3, 0.4) is 0 Å². The number of aliphatic imine (C=N–C) groups is 1. The van der Waals surface area contributed by atoms with Gasteiger partial charge in [0.15, 0.2) is 6.04 Å². The minimum absolute atomic E-state index is 0.0678. The van der Waals surface area contributed by atoms with Crippen LogP contribution in [0.2, 0.25) is 0 Å². The zero-order valence-corrected chi connectivity index (χ0v) is 12.8. The smallest absolute Gasteiger partial charge is 0.328 e. The molecule has 0 amide bonds. The average molecular weight is 311 g/mol. The monoisotopic (exact) mass is 311 g/mol. The second-order valence-electron chi connectivity index (χ2n) is 4.93. The molecule has 0 spiro atoms. The highest BCUT2D eigenvalue weighted by Gasteiger charge is 2.29. The van der Waals surface area contributed by atoms with Crippen molar-refractivity contribution < 1.29 is 18.3 Å². The number of benzene rings is 1. The van der Waals surface area contributed by atoms with Crippen molar-refractivity contribution in [2.45, 2.75) is 38.1 Å². The topological polar surface area (TPSA) is 108 Å². The van der Waals surface area contributed by atoms with Crippen LogP contribution in [0, 0.1) is 13.8 Å². The van der Waals surface area contributed by atoms with Gasteiger partial charge in [0.2, 0.25) is 5.96 Å². The van der Waals surface area contributed by atoms with Crippen molar-refractivity contribution in [2.75, 3.05) is 5.32 Å². The molecule has 1 aliphatic heterocycles. The zero-order chi connectivity index (χ0) is 15.8. The van der Waals surface area contributed by atoms with Crippen LogP contribution in [0.1, 0.15) is 24.5 Å². The quantitative estimate of drug-likeness (QED) is 0.778. The first-order valence-corrected chi connectivity index (χ1v) is 7.94. The Bertz CT molecular complexity index is 725. The highest BCUT2D eigenvalue weighted by Crippen LogP contribution is 2.29. The molecule has 1 aromatic rings. The summed E-state index contributed by atoms with van der Waals surface area (Å²) in [6, 6.07) is 2.47. The normalized spacial score (nSPS) is 19.3. The van der Waals surface area contributed by atoms with E-state index in [1.165, 1.54) is 0 Å². The molecule has 1 unspecified atom stereocenters. The number of carbonyl (C=O) groups is 1. The Hall–Kier alpha value is -2.09. The van der Waals surface area contributed by atoms with Gasteiger partial charge in [-0.25, -0.2) is 22.9 Å². The summed E-state index contributed by atoms with van der Waals surface area (Å²) in [5.41, 5.74) is 1.93. The van der Waals surface area contributed by atoms with Gasteiger partial charge in [0.05, 0.1) is 5.69 Å². The second-order valence-corrected chi connectivity index (χ2v) is 6.55. The summed E-state index contributed by atoms with van der Waals surface area (Å²) in [4.78, 5) is 15.1. The highest BCUT2D eigenvalue weighted by molar-refractivity contribution is 7.90. The number of aryl methyl sites for hydroxylation is 2. The predicted molar refractivity (Wildman–Crippen MR) is 79.0 cm³/mol. The number of anilines is 1. The Morgan fingerprint density at radius 2 is 2.05 bits per heavy atom. The molecular formula is C13H17N3O4S. The molecule has 0 bridgehead atoms. The van der Waals surface area contributed by atoms with E-state index in [1.807, 2.05) is 6.92 Å². The number of aliphatic carboxylic acids is 1. The standard InChI is InChI=1S/C13H17N3O4S/c1-4-9(12(17)18)14-13-15-10-6-7(2)5-8(3)11(10)21(19,20)16-13/h5-6,9H,4H2,1-3H3,(H,17,18)(H2,14,15,16). The van der Waals surface area contributed by atoms with Crippen molar-refractivity contribution in [1.29, 1.82) is 0 Å². The van der Waals surface area contributed by atoms with Crippen molar-refractivity contribution in [1.82, 2.24) is 4.72 Å². The molecular weight excluding hydrogens is 294 g/mol. The van der Waals surface area contributed by atoms with Crippen LogP contribution in [-0.4, -0.2) is 31.5 Å². The molecule has 21 heavy (non-hydrogen) atoms. The van der Waals surface area contributed by atoms with Crippen molar-refractivity contribution in [3.63, 3.8) is 0 Å². The van der Waals surface area contributed by atoms with E-state index in [2.05, 4.69) is 15.0 Å². The fourth-order valence-electron chi connectivity index (χ4n) is 2.27. The molecule has 0 radical (unpaired) electrons. The van der Waals surface area contributed by atoms with E-state index < -0.39 is 22.0 Å². The largest absolute Gasteiger partial charge is 0.480 e. The van der Waals surface area contributed by atoms with E-state index in [4.69, 9.17) is 5.11 Å². The van der Waals surface area contributed by atoms with Gasteiger partial charge >= 0.3 is 5.97 Å².